The number of nitrogens with one attached hydrogen (secondary N) is 1. The lowest BCUT2D eigenvalue weighted by molar-refractivity contribution is -0.122. The standard InChI is InChI=1S/C21H18N2O3S/c24-20(14-5-6-14)22-10-13-1-3-15(4-2-13)21-23-17(11-27-21)16-7-8-18-19(9-16)26-12-25-18/h1-4,7-9,11,14H,5-6,10,12H2,(H,22,24). The maximum absolute atomic E-state index is 11.7. The van der Waals surface area contributed by atoms with E-state index in [1.807, 2.05) is 30.3 Å². The van der Waals surface area contributed by atoms with E-state index < -0.39 is 0 Å². The molecule has 0 radical (unpaired) electrons. The molecule has 5 rings (SSSR count). The van der Waals surface area contributed by atoms with Crippen LogP contribution in [0.5, 0.6) is 11.5 Å². The first kappa shape index (κ1) is 16.3. The molecule has 0 atom stereocenters. The van der Waals surface area contributed by atoms with Crippen LogP contribution in [0.1, 0.15) is 18.4 Å². The summed E-state index contributed by atoms with van der Waals surface area (Å²) in [5.41, 5.74) is 4.11. The fraction of sp³-hybridized carbons (Fsp3) is 0.238. The zero-order valence-corrected chi connectivity index (χ0v) is 15.4. The van der Waals surface area contributed by atoms with E-state index in [2.05, 4.69) is 22.8 Å². The highest BCUT2D eigenvalue weighted by atomic mass is 32.1. The minimum Gasteiger partial charge on any atom is -0.454 e. The number of ether oxygens (including phenoxy) is 2. The summed E-state index contributed by atoms with van der Waals surface area (Å²) in [6, 6.07) is 14.1. The fourth-order valence-corrected chi connectivity index (χ4v) is 3.87. The number of carbonyl (C=O) groups excluding carboxylic acids is 1. The average molecular weight is 378 g/mol. The topological polar surface area (TPSA) is 60.5 Å². The van der Waals surface area contributed by atoms with E-state index in [9.17, 15) is 4.79 Å². The van der Waals surface area contributed by atoms with Gasteiger partial charge in [0.2, 0.25) is 12.7 Å². The first-order valence-corrected chi connectivity index (χ1v) is 9.87. The van der Waals surface area contributed by atoms with E-state index in [4.69, 9.17) is 14.5 Å². The van der Waals surface area contributed by atoms with Gasteiger partial charge in [-0.1, -0.05) is 24.3 Å². The molecular weight excluding hydrogens is 360 g/mol. The third kappa shape index (κ3) is 3.40. The van der Waals surface area contributed by atoms with Crippen LogP contribution in [0.4, 0.5) is 0 Å². The summed E-state index contributed by atoms with van der Waals surface area (Å²) in [4.78, 5) is 16.5. The van der Waals surface area contributed by atoms with E-state index in [1.165, 1.54) is 0 Å². The molecule has 27 heavy (non-hydrogen) atoms. The van der Waals surface area contributed by atoms with Crippen molar-refractivity contribution in [2.75, 3.05) is 6.79 Å². The van der Waals surface area contributed by atoms with E-state index in [0.29, 0.717) is 6.54 Å². The van der Waals surface area contributed by atoms with Gasteiger partial charge in [0.15, 0.2) is 11.5 Å². The zero-order valence-electron chi connectivity index (χ0n) is 14.6. The van der Waals surface area contributed by atoms with E-state index in [1.54, 1.807) is 11.3 Å². The Labute approximate surface area is 161 Å². The third-order valence-corrected chi connectivity index (χ3v) is 5.68. The van der Waals surface area contributed by atoms with Crippen LogP contribution in [0.2, 0.25) is 0 Å². The van der Waals surface area contributed by atoms with Gasteiger partial charge in [0, 0.05) is 29.0 Å². The molecule has 1 amide bonds. The number of rotatable bonds is 5. The highest BCUT2D eigenvalue weighted by Crippen LogP contribution is 2.37. The SMILES string of the molecule is O=C(NCc1ccc(-c2nc(-c3ccc4c(c3)OCO4)cs2)cc1)C1CC1. The number of aromatic nitrogens is 1. The van der Waals surface area contributed by atoms with Gasteiger partial charge in [-0.15, -0.1) is 11.3 Å². The van der Waals surface area contributed by atoms with Crippen molar-refractivity contribution in [3.05, 3.63) is 53.4 Å². The number of hydrogen-bond donors (Lipinski definition) is 1. The molecule has 0 unspecified atom stereocenters. The molecule has 1 aromatic heterocycles. The van der Waals surface area contributed by atoms with Crippen molar-refractivity contribution in [2.24, 2.45) is 5.92 Å². The number of fused-ring (bicyclic) bond motifs is 1. The maximum atomic E-state index is 11.7. The quantitative estimate of drug-likeness (QED) is 0.722. The Morgan fingerprint density at radius 2 is 1.85 bits per heavy atom. The van der Waals surface area contributed by atoms with Crippen molar-refractivity contribution in [3.8, 4) is 33.3 Å². The minimum atomic E-state index is 0.173. The lowest BCUT2D eigenvalue weighted by atomic mass is 10.1. The molecule has 0 saturated heterocycles. The highest BCUT2D eigenvalue weighted by Gasteiger charge is 2.29. The molecule has 3 aromatic rings. The molecule has 5 nitrogen and oxygen atoms in total. The fourth-order valence-electron chi connectivity index (χ4n) is 3.04. The Morgan fingerprint density at radius 1 is 1.07 bits per heavy atom. The number of nitrogens with zero attached hydrogens (tertiary/aromatic N) is 1. The van der Waals surface area contributed by atoms with Crippen LogP contribution >= 0.6 is 11.3 Å². The van der Waals surface area contributed by atoms with Gasteiger partial charge in [-0.2, -0.15) is 0 Å². The molecule has 0 spiro atoms. The molecule has 2 aromatic carbocycles. The lowest BCUT2D eigenvalue weighted by Crippen LogP contribution is -2.24. The Morgan fingerprint density at radius 3 is 2.67 bits per heavy atom. The Balaban J connectivity index is 1.30. The third-order valence-electron chi connectivity index (χ3n) is 4.79. The summed E-state index contributed by atoms with van der Waals surface area (Å²) in [5.74, 6) is 1.96. The summed E-state index contributed by atoms with van der Waals surface area (Å²) in [6.07, 6.45) is 2.06. The van der Waals surface area contributed by atoms with Gasteiger partial charge in [0.1, 0.15) is 5.01 Å². The maximum Gasteiger partial charge on any atom is 0.231 e. The molecule has 136 valence electrons. The van der Waals surface area contributed by atoms with Gasteiger partial charge in [-0.3, -0.25) is 4.79 Å². The molecule has 1 N–H and O–H groups in total. The summed E-state index contributed by atoms with van der Waals surface area (Å²) in [7, 11) is 0. The van der Waals surface area contributed by atoms with Crippen LogP contribution in [0.15, 0.2) is 47.8 Å². The molecule has 1 fully saturated rings. The molecule has 6 heteroatoms. The Hall–Kier alpha value is -2.86. The Bertz CT molecular complexity index is 993. The predicted molar refractivity (Wildman–Crippen MR) is 104 cm³/mol. The predicted octanol–water partition coefficient (Wildman–Crippen LogP) is 4.23. The summed E-state index contributed by atoms with van der Waals surface area (Å²) < 4.78 is 10.8. The van der Waals surface area contributed by atoms with Gasteiger partial charge >= 0.3 is 0 Å². The van der Waals surface area contributed by atoms with Crippen LogP contribution in [0.3, 0.4) is 0 Å². The highest BCUT2D eigenvalue weighted by molar-refractivity contribution is 7.13. The van der Waals surface area contributed by atoms with Crippen molar-refractivity contribution in [3.63, 3.8) is 0 Å². The monoisotopic (exact) mass is 378 g/mol. The first-order chi connectivity index (χ1) is 13.3. The second kappa shape index (κ2) is 6.70. The molecule has 1 aliphatic heterocycles. The van der Waals surface area contributed by atoms with Gasteiger partial charge in [0.05, 0.1) is 5.69 Å². The minimum absolute atomic E-state index is 0.173. The van der Waals surface area contributed by atoms with Crippen molar-refractivity contribution >= 4 is 17.2 Å². The van der Waals surface area contributed by atoms with Crippen LogP contribution in [-0.4, -0.2) is 17.7 Å². The summed E-state index contributed by atoms with van der Waals surface area (Å²) in [6.45, 7) is 0.852. The van der Waals surface area contributed by atoms with Crippen molar-refractivity contribution in [2.45, 2.75) is 19.4 Å². The average Bonchev–Trinajstić information content (AvgIpc) is 3.25. The first-order valence-electron chi connectivity index (χ1n) is 8.99. The lowest BCUT2D eigenvalue weighted by Gasteiger charge is -2.05. The smallest absolute Gasteiger partial charge is 0.231 e. The van der Waals surface area contributed by atoms with Crippen LogP contribution in [-0.2, 0) is 11.3 Å². The van der Waals surface area contributed by atoms with Crippen molar-refractivity contribution < 1.29 is 14.3 Å². The molecular formula is C21H18N2O3S. The van der Waals surface area contributed by atoms with Gasteiger partial charge in [0.25, 0.3) is 0 Å². The largest absolute Gasteiger partial charge is 0.454 e. The van der Waals surface area contributed by atoms with Gasteiger partial charge in [-0.25, -0.2) is 4.98 Å². The summed E-state index contributed by atoms with van der Waals surface area (Å²) >= 11 is 1.61. The molecule has 1 aliphatic carbocycles. The van der Waals surface area contributed by atoms with E-state index in [-0.39, 0.29) is 18.6 Å². The molecule has 2 heterocycles. The molecule has 0 bridgehead atoms. The van der Waals surface area contributed by atoms with E-state index >= 15 is 0 Å². The normalized spacial score (nSPS) is 15.0. The van der Waals surface area contributed by atoms with Crippen LogP contribution in [0, 0.1) is 5.92 Å². The number of thiazole rings is 1. The molecule has 2 aliphatic rings. The van der Waals surface area contributed by atoms with E-state index in [0.717, 1.165) is 51.7 Å². The number of carbonyl (C=O) groups is 1. The number of amides is 1. The second-order valence-corrected chi connectivity index (χ2v) is 7.65. The number of hydrogen-bond acceptors (Lipinski definition) is 5. The van der Waals surface area contributed by atoms with Gasteiger partial charge in [-0.05, 0) is 36.6 Å². The molecule has 1 saturated carbocycles. The second-order valence-electron chi connectivity index (χ2n) is 6.79. The van der Waals surface area contributed by atoms with Crippen molar-refractivity contribution in [1.82, 2.24) is 10.3 Å². The van der Waals surface area contributed by atoms with Crippen molar-refractivity contribution in [1.29, 1.82) is 0 Å². The Kier molecular flexibility index (Phi) is 4.05. The van der Waals surface area contributed by atoms with Crippen LogP contribution in [0.25, 0.3) is 21.8 Å². The zero-order chi connectivity index (χ0) is 18.2. The van der Waals surface area contributed by atoms with Crippen LogP contribution < -0.4 is 14.8 Å². The summed E-state index contributed by atoms with van der Waals surface area (Å²) in [5, 5.41) is 6.01. The number of benzene rings is 2. The van der Waals surface area contributed by atoms with Gasteiger partial charge < -0.3 is 14.8 Å².